The Bertz CT molecular complexity index is 683. The zero-order valence-corrected chi connectivity index (χ0v) is 15.2. The number of hydrogen-bond acceptors (Lipinski definition) is 4. The average Bonchev–Trinajstić information content (AvgIpc) is 3.20. The Labute approximate surface area is 141 Å². The van der Waals surface area contributed by atoms with Gasteiger partial charge in [0.15, 0.2) is 0 Å². The van der Waals surface area contributed by atoms with Gasteiger partial charge in [-0.25, -0.2) is 13.1 Å². The van der Waals surface area contributed by atoms with Crippen molar-refractivity contribution in [1.82, 2.24) is 10.0 Å². The van der Waals surface area contributed by atoms with Gasteiger partial charge < -0.3 is 5.32 Å². The van der Waals surface area contributed by atoms with E-state index in [-0.39, 0.29) is 11.9 Å². The average molecular weight is 357 g/mol. The highest BCUT2D eigenvalue weighted by Crippen LogP contribution is 2.49. The van der Waals surface area contributed by atoms with E-state index in [0.29, 0.717) is 22.6 Å². The van der Waals surface area contributed by atoms with E-state index in [1.165, 1.54) is 37.5 Å². The molecule has 5 nitrogen and oxygen atoms in total. The minimum absolute atomic E-state index is 0.0174. The zero-order valence-electron chi connectivity index (χ0n) is 13.5. The molecule has 0 spiro atoms. The SMILES string of the molecule is CC(=O)NCc1ccc(S(=O)(=O)NC(C)C2CC3CCC2C3)s1. The van der Waals surface area contributed by atoms with Crippen LogP contribution in [0.4, 0.5) is 0 Å². The van der Waals surface area contributed by atoms with E-state index in [2.05, 4.69) is 10.0 Å². The van der Waals surface area contributed by atoms with E-state index in [4.69, 9.17) is 0 Å². The van der Waals surface area contributed by atoms with Gasteiger partial charge in [0.1, 0.15) is 4.21 Å². The summed E-state index contributed by atoms with van der Waals surface area (Å²) in [6, 6.07) is 3.37. The third-order valence-electron chi connectivity index (χ3n) is 5.19. The van der Waals surface area contributed by atoms with Crippen molar-refractivity contribution in [1.29, 1.82) is 0 Å². The molecule has 1 amide bonds. The lowest BCUT2D eigenvalue weighted by atomic mass is 9.84. The predicted molar refractivity (Wildman–Crippen MR) is 90.6 cm³/mol. The molecule has 0 radical (unpaired) electrons. The lowest BCUT2D eigenvalue weighted by Crippen LogP contribution is -2.39. The molecule has 2 bridgehead atoms. The second-order valence-corrected chi connectivity index (χ2v) is 9.99. The number of sulfonamides is 1. The van der Waals surface area contributed by atoms with Gasteiger partial charge in [0.25, 0.3) is 0 Å². The third kappa shape index (κ3) is 3.78. The van der Waals surface area contributed by atoms with Crippen LogP contribution in [-0.2, 0) is 21.4 Å². The highest BCUT2D eigenvalue weighted by molar-refractivity contribution is 7.91. The molecular weight excluding hydrogens is 332 g/mol. The van der Waals surface area contributed by atoms with E-state index in [1.54, 1.807) is 12.1 Å². The largest absolute Gasteiger partial charge is 0.351 e. The normalized spacial score (nSPS) is 28.0. The molecule has 3 rings (SSSR count). The van der Waals surface area contributed by atoms with Gasteiger partial charge in [0.05, 0.1) is 6.54 Å². The van der Waals surface area contributed by atoms with Crippen LogP contribution in [0.1, 0.15) is 44.4 Å². The van der Waals surface area contributed by atoms with Gasteiger partial charge in [0, 0.05) is 17.8 Å². The summed E-state index contributed by atoms with van der Waals surface area (Å²) in [6.45, 7) is 3.82. The highest BCUT2D eigenvalue weighted by atomic mass is 32.2. The molecule has 128 valence electrons. The van der Waals surface area contributed by atoms with Crippen LogP contribution in [-0.4, -0.2) is 20.4 Å². The van der Waals surface area contributed by atoms with Crippen LogP contribution in [0.25, 0.3) is 0 Å². The van der Waals surface area contributed by atoms with Crippen LogP contribution in [0.3, 0.4) is 0 Å². The van der Waals surface area contributed by atoms with Crippen molar-refractivity contribution in [2.24, 2.45) is 17.8 Å². The molecule has 0 aromatic carbocycles. The van der Waals surface area contributed by atoms with E-state index in [1.807, 2.05) is 6.92 Å². The second kappa shape index (κ2) is 6.53. The smallest absolute Gasteiger partial charge is 0.250 e. The van der Waals surface area contributed by atoms with Crippen molar-refractivity contribution >= 4 is 27.3 Å². The maximum Gasteiger partial charge on any atom is 0.250 e. The van der Waals surface area contributed by atoms with Crippen LogP contribution in [0.2, 0.25) is 0 Å². The van der Waals surface area contributed by atoms with Crippen molar-refractivity contribution in [2.75, 3.05) is 0 Å². The molecule has 1 aromatic rings. The Morgan fingerprint density at radius 3 is 2.74 bits per heavy atom. The van der Waals surface area contributed by atoms with Gasteiger partial charge in [0.2, 0.25) is 15.9 Å². The molecule has 0 saturated heterocycles. The van der Waals surface area contributed by atoms with E-state index >= 15 is 0 Å². The summed E-state index contributed by atoms with van der Waals surface area (Å²) in [5.41, 5.74) is 0. The van der Waals surface area contributed by atoms with Gasteiger partial charge >= 0.3 is 0 Å². The quantitative estimate of drug-likeness (QED) is 0.822. The Morgan fingerprint density at radius 1 is 1.35 bits per heavy atom. The van der Waals surface area contributed by atoms with Crippen molar-refractivity contribution in [3.8, 4) is 0 Å². The first-order valence-corrected chi connectivity index (χ1v) is 10.5. The summed E-state index contributed by atoms with van der Waals surface area (Å²) in [5, 5.41) is 2.69. The van der Waals surface area contributed by atoms with Gasteiger partial charge in [-0.1, -0.05) is 6.42 Å². The molecule has 2 aliphatic carbocycles. The number of thiophene rings is 1. The topological polar surface area (TPSA) is 75.3 Å². The molecule has 7 heteroatoms. The lowest BCUT2D eigenvalue weighted by Gasteiger charge is -2.28. The van der Waals surface area contributed by atoms with Gasteiger partial charge in [-0.15, -0.1) is 11.3 Å². The van der Waals surface area contributed by atoms with Crippen molar-refractivity contribution in [3.05, 3.63) is 17.0 Å². The molecule has 4 unspecified atom stereocenters. The maximum atomic E-state index is 12.6. The molecular formula is C16H24N2O3S2. The van der Waals surface area contributed by atoms with Crippen molar-refractivity contribution in [3.63, 3.8) is 0 Å². The minimum atomic E-state index is -3.48. The summed E-state index contributed by atoms with van der Waals surface area (Å²) in [6.07, 6.45) is 5.00. The van der Waals surface area contributed by atoms with Crippen LogP contribution in [0.5, 0.6) is 0 Å². The van der Waals surface area contributed by atoms with Crippen LogP contribution in [0.15, 0.2) is 16.3 Å². The zero-order chi connectivity index (χ0) is 16.6. The fourth-order valence-electron chi connectivity index (χ4n) is 4.11. The minimum Gasteiger partial charge on any atom is -0.351 e. The summed E-state index contributed by atoms with van der Waals surface area (Å²) < 4.78 is 28.3. The molecule has 2 saturated carbocycles. The maximum absolute atomic E-state index is 12.6. The fraction of sp³-hybridized carbons (Fsp3) is 0.688. The summed E-state index contributed by atoms with van der Waals surface area (Å²) >= 11 is 1.22. The van der Waals surface area contributed by atoms with Gasteiger partial charge in [-0.05, 0) is 56.1 Å². The Kier molecular flexibility index (Phi) is 4.80. The Balaban J connectivity index is 1.63. The third-order valence-corrected chi connectivity index (χ3v) is 8.33. The van der Waals surface area contributed by atoms with Crippen molar-refractivity contribution < 1.29 is 13.2 Å². The highest BCUT2D eigenvalue weighted by Gasteiger charge is 2.42. The number of fused-ring (bicyclic) bond motifs is 2. The van der Waals surface area contributed by atoms with Crippen molar-refractivity contribution in [2.45, 2.75) is 56.3 Å². The number of hydrogen-bond donors (Lipinski definition) is 2. The molecule has 2 aliphatic rings. The van der Waals surface area contributed by atoms with Crippen LogP contribution >= 0.6 is 11.3 Å². The standard InChI is InChI=1S/C16H24N2O3S2/c1-10(15-8-12-3-4-13(15)7-12)18-23(20,21)16-6-5-14(22-16)9-17-11(2)19/h5-6,10,12-13,15,18H,3-4,7-9H2,1-2H3,(H,17,19). The van der Waals surface area contributed by atoms with Crippen LogP contribution in [0, 0.1) is 17.8 Å². The molecule has 2 N–H and O–H groups in total. The molecule has 1 heterocycles. The summed E-state index contributed by atoms with van der Waals surface area (Å²) in [4.78, 5) is 11.8. The Morgan fingerprint density at radius 2 is 2.13 bits per heavy atom. The Hall–Kier alpha value is -0.920. The first-order valence-electron chi connectivity index (χ1n) is 8.20. The van der Waals surface area contributed by atoms with Crippen LogP contribution < -0.4 is 10.0 Å². The monoisotopic (exact) mass is 356 g/mol. The summed E-state index contributed by atoms with van der Waals surface area (Å²) in [7, 11) is -3.48. The molecule has 0 aliphatic heterocycles. The number of carbonyl (C=O) groups excluding carboxylic acids is 1. The molecule has 4 atom stereocenters. The van der Waals surface area contributed by atoms with Gasteiger partial charge in [-0.2, -0.15) is 0 Å². The first kappa shape index (κ1) is 16.9. The number of rotatable bonds is 6. The molecule has 23 heavy (non-hydrogen) atoms. The summed E-state index contributed by atoms with van der Waals surface area (Å²) in [5.74, 6) is 1.85. The predicted octanol–water partition coefficient (Wildman–Crippen LogP) is 2.49. The first-order chi connectivity index (χ1) is 10.8. The molecule has 1 aromatic heterocycles. The van der Waals surface area contributed by atoms with E-state index < -0.39 is 10.0 Å². The van der Waals surface area contributed by atoms with E-state index in [9.17, 15) is 13.2 Å². The molecule has 2 fully saturated rings. The van der Waals surface area contributed by atoms with E-state index in [0.717, 1.165) is 17.2 Å². The number of amides is 1. The fourth-order valence-corrected chi connectivity index (χ4v) is 6.71. The lowest BCUT2D eigenvalue weighted by molar-refractivity contribution is -0.119. The second-order valence-electron chi connectivity index (χ2n) is 6.88. The number of carbonyl (C=O) groups is 1. The number of nitrogens with one attached hydrogen (secondary N) is 2. The van der Waals surface area contributed by atoms with Gasteiger partial charge in [-0.3, -0.25) is 4.79 Å².